The van der Waals surface area contributed by atoms with Gasteiger partial charge < -0.3 is 20.3 Å². The molecule has 1 atom stereocenters. The molecule has 178 valence electrons. The highest BCUT2D eigenvalue weighted by molar-refractivity contribution is 6.04. The summed E-state index contributed by atoms with van der Waals surface area (Å²) in [6.45, 7) is 1.95. The number of fused-ring (bicyclic) bond motifs is 1. The molecule has 2 aliphatic heterocycles. The molecule has 2 N–H and O–H groups in total. The van der Waals surface area contributed by atoms with Gasteiger partial charge in [0.15, 0.2) is 0 Å². The summed E-state index contributed by atoms with van der Waals surface area (Å²) in [6.07, 6.45) is 5.31. The highest BCUT2D eigenvalue weighted by atomic mass is 19.1. The molecule has 4 heterocycles. The number of nitriles is 1. The minimum Gasteiger partial charge on any atom is -0.378 e. The lowest BCUT2D eigenvalue weighted by molar-refractivity contribution is 0.0966. The van der Waals surface area contributed by atoms with Crippen LogP contribution in [0, 0.1) is 17.1 Å². The molecule has 1 fully saturated rings. The van der Waals surface area contributed by atoms with Gasteiger partial charge in [-0.25, -0.2) is 14.4 Å². The average molecular weight is 473 g/mol. The Morgan fingerprint density at radius 3 is 2.94 bits per heavy atom. The van der Waals surface area contributed by atoms with Gasteiger partial charge in [-0.05, 0) is 49.6 Å². The van der Waals surface area contributed by atoms with Gasteiger partial charge in [0.2, 0.25) is 0 Å². The zero-order chi connectivity index (χ0) is 24.4. The first-order valence-electron chi connectivity index (χ1n) is 11.6. The molecule has 3 aromatic rings. The second-order valence-electron chi connectivity index (χ2n) is 8.71. The molecule has 0 bridgehead atoms. The molecule has 2 aromatic heterocycles. The lowest BCUT2D eigenvalue weighted by Crippen LogP contribution is -2.22. The molecule has 0 spiro atoms. The molecular formula is C26H25FN6O2. The number of hydrogen-bond acceptors (Lipinski definition) is 7. The van der Waals surface area contributed by atoms with Crippen LogP contribution in [0.1, 0.15) is 40.9 Å². The number of halogens is 1. The van der Waals surface area contributed by atoms with Crippen molar-refractivity contribution in [1.82, 2.24) is 15.3 Å². The van der Waals surface area contributed by atoms with Crippen LogP contribution in [0.4, 0.5) is 21.6 Å². The van der Waals surface area contributed by atoms with Crippen molar-refractivity contribution in [2.45, 2.75) is 31.9 Å². The molecule has 0 saturated carbocycles. The van der Waals surface area contributed by atoms with Gasteiger partial charge >= 0.3 is 0 Å². The van der Waals surface area contributed by atoms with Gasteiger partial charge in [-0.1, -0.05) is 6.07 Å². The van der Waals surface area contributed by atoms with E-state index in [2.05, 4.69) is 25.5 Å². The summed E-state index contributed by atoms with van der Waals surface area (Å²) in [4.78, 5) is 23.6. The molecule has 5 rings (SSSR count). The Morgan fingerprint density at radius 1 is 1.31 bits per heavy atom. The second kappa shape index (κ2) is 9.68. The number of amides is 1. The Bertz CT molecular complexity index is 1300. The van der Waals surface area contributed by atoms with Crippen molar-refractivity contribution in [2.24, 2.45) is 0 Å². The molecule has 9 heteroatoms. The third kappa shape index (κ3) is 4.66. The molecule has 1 saturated heterocycles. The SMILES string of the molecule is CN(CC[C@@H]1CCCO1)c1ccc(Nc2cc(-c3c(F)cccc3C#N)nc3c2C(=O)NC3)nc1. The summed E-state index contributed by atoms with van der Waals surface area (Å²) in [6, 6.07) is 11.7. The fourth-order valence-electron chi connectivity index (χ4n) is 4.50. The highest BCUT2D eigenvalue weighted by Crippen LogP contribution is 2.33. The van der Waals surface area contributed by atoms with Gasteiger partial charge in [0.05, 0.1) is 64.4 Å². The number of hydrogen-bond donors (Lipinski definition) is 2. The van der Waals surface area contributed by atoms with Crippen LogP contribution in [0.5, 0.6) is 0 Å². The quantitative estimate of drug-likeness (QED) is 0.533. The van der Waals surface area contributed by atoms with Crippen LogP contribution < -0.4 is 15.5 Å². The number of carbonyl (C=O) groups is 1. The van der Waals surface area contributed by atoms with E-state index in [1.165, 1.54) is 12.1 Å². The number of benzene rings is 1. The fourth-order valence-corrected chi connectivity index (χ4v) is 4.50. The minimum atomic E-state index is -0.548. The van der Waals surface area contributed by atoms with Crippen LogP contribution in [-0.2, 0) is 11.3 Å². The number of rotatable bonds is 7. The molecular weight excluding hydrogens is 447 g/mol. The summed E-state index contributed by atoms with van der Waals surface area (Å²) in [5, 5.41) is 15.4. The van der Waals surface area contributed by atoms with E-state index < -0.39 is 5.82 Å². The van der Waals surface area contributed by atoms with Gasteiger partial charge in [0.25, 0.3) is 5.91 Å². The van der Waals surface area contributed by atoms with Crippen molar-refractivity contribution in [2.75, 3.05) is 30.4 Å². The molecule has 1 amide bonds. The van der Waals surface area contributed by atoms with Gasteiger partial charge in [0.1, 0.15) is 11.6 Å². The van der Waals surface area contributed by atoms with Crippen LogP contribution in [0.15, 0.2) is 42.6 Å². The Hall–Kier alpha value is -4.03. The number of anilines is 3. The van der Waals surface area contributed by atoms with E-state index in [9.17, 15) is 14.4 Å². The van der Waals surface area contributed by atoms with E-state index >= 15 is 0 Å². The van der Waals surface area contributed by atoms with Crippen LogP contribution in [-0.4, -0.2) is 42.2 Å². The maximum absolute atomic E-state index is 14.7. The summed E-state index contributed by atoms with van der Waals surface area (Å²) >= 11 is 0. The average Bonchev–Trinajstić information content (AvgIpc) is 3.52. The molecule has 8 nitrogen and oxygen atoms in total. The molecule has 0 unspecified atom stereocenters. The number of nitrogens with one attached hydrogen (secondary N) is 2. The third-order valence-electron chi connectivity index (χ3n) is 6.39. The van der Waals surface area contributed by atoms with Gasteiger partial charge in [0, 0.05) is 20.2 Å². The molecule has 0 radical (unpaired) electrons. The fraction of sp³-hybridized carbons (Fsp3) is 0.308. The standard InChI is InChI=1S/C26H25FN6O2/c1-33(10-9-18-5-3-11-35-18)17-7-8-23(29-14-17)32-21-12-20(31-22-15-30-26(34)25(21)22)24-16(13-28)4-2-6-19(24)27/h2,4,6-8,12,14,18H,3,5,9-11,15H2,1H3,(H,30,34)(H,29,31,32)/t18-/m0/s1. The van der Waals surface area contributed by atoms with E-state index in [4.69, 9.17) is 4.74 Å². The van der Waals surface area contributed by atoms with Crippen LogP contribution in [0.3, 0.4) is 0 Å². The monoisotopic (exact) mass is 472 g/mol. The normalized spacial score (nSPS) is 16.5. The molecule has 0 aliphatic carbocycles. The number of carbonyl (C=O) groups excluding carboxylic acids is 1. The van der Waals surface area contributed by atoms with E-state index in [1.807, 2.05) is 25.2 Å². The van der Waals surface area contributed by atoms with Crippen LogP contribution in [0.25, 0.3) is 11.3 Å². The Kier molecular flexibility index (Phi) is 6.29. The summed E-state index contributed by atoms with van der Waals surface area (Å²) in [5.74, 6) is -0.274. The lowest BCUT2D eigenvalue weighted by atomic mass is 10.0. The molecule has 1 aromatic carbocycles. The first kappa shape index (κ1) is 22.7. The van der Waals surface area contributed by atoms with Gasteiger partial charge in [-0.2, -0.15) is 5.26 Å². The molecule has 2 aliphatic rings. The minimum absolute atomic E-state index is 0.108. The number of aromatic nitrogens is 2. The largest absolute Gasteiger partial charge is 0.378 e. The Balaban J connectivity index is 1.40. The molecule has 35 heavy (non-hydrogen) atoms. The van der Waals surface area contributed by atoms with E-state index in [1.54, 1.807) is 18.3 Å². The predicted octanol–water partition coefficient (Wildman–Crippen LogP) is 4.15. The summed E-state index contributed by atoms with van der Waals surface area (Å²) in [5.41, 5.74) is 2.88. The maximum Gasteiger partial charge on any atom is 0.255 e. The van der Waals surface area contributed by atoms with Gasteiger partial charge in [-0.15, -0.1) is 0 Å². The van der Waals surface area contributed by atoms with Crippen molar-refractivity contribution in [3.63, 3.8) is 0 Å². The van der Waals surface area contributed by atoms with Crippen molar-refractivity contribution in [3.8, 4) is 17.3 Å². The van der Waals surface area contributed by atoms with Crippen molar-refractivity contribution in [3.05, 3.63) is 65.2 Å². The zero-order valence-electron chi connectivity index (χ0n) is 19.3. The van der Waals surface area contributed by atoms with Crippen molar-refractivity contribution >= 4 is 23.1 Å². The van der Waals surface area contributed by atoms with Crippen molar-refractivity contribution < 1.29 is 13.9 Å². The maximum atomic E-state index is 14.7. The number of ether oxygens (including phenoxy) is 1. The van der Waals surface area contributed by atoms with E-state index in [0.717, 1.165) is 38.1 Å². The van der Waals surface area contributed by atoms with Crippen molar-refractivity contribution in [1.29, 1.82) is 5.26 Å². The van der Waals surface area contributed by atoms with Crippen LogP contribution in [0.2, 0.25) is 0 Å². The lowest BCUT2D eigenvalue weighted by Gasteiger charge is -2.21. The van der Waals surface area contributed by atoms with E-state index in [-0.39, 0.29) is 29.3 Å². The first-order valence-corrected chi connectivity index (χ1v) is 11.6. The summed E-state index contributed by atoms with van der Waals surface area (Å²) in [7, 11) is 2.02. The Labute approximate surface area is 202 Å². The zero-order valence-corrected chi connectivity index (χ0v) is 19.3. The van der Waals surface area contributed by atoms with E-state index in [0.29, 0.717) is 28.9 Å². The third-order valence-corrected chi connectivity index (χ3v) is 6.39. The smallest absolute Gasteiger partial charge is 0.255 e. The number of nitrogens with zero attached hydrogens (tertiary/aromatic N) is 4. The first-order chi connectivity index (χ1) is 17.0. The second-order valence-corrected chi connectivity index (χ2v) is 8.71. The van der Waals surface area contributed by atoms with Gasteiger partial charge in [-0.3, -0.25) is 4.79 Å². The Morgan fingerprint density at radius 2 is 2.20 bits per heavy atom. The topological polar surface area (TPSA) is 103 Å². The predicted molar refractivity (Wildman–Crippen MR) is 130 cm³/mol. The summed E-state index contributed by atoms with van der Waals surface area (Å²) < 4.78 is 20.4. The highest BCUT2D eigenvalue weighted by Gasteiger charge is 2.27. The van der Waals surface area contributed by atoms with Crippen LogP contribution >= 0.6 is 0 Å². The number of pyridine rings is 2.